The van der Waals surface area contributed by atoms with Crippen LogP contribution in [-0.2, 0) is 13.0 Å². The Morgan fingerprint density at radius 1 is 1.40 bits per heavy atom. The van der Waals surface area contributed by atoms with Gasteiger partial charge in [-0.3, -0.25) is 0 Å². The van der Waals surface area contributed by atoms with Gasteiger partial charge in [0.2, 0.25) is 0 Å². The quantitative estimate of drug-likeness (QED) is 0.874. The Morgan fingerprint density at radius 2 is 2.15 bits per heavy atom. The average Bonchev–Trinajstić information content (AvgIpc) is 2.53. The fraction of sp³-hybridized carbons (Fsp3) is 0.533. The first-order valence-corrected chi connectivity index (χ1v) is 7.14. The summed E-state index contributed by atoms with van der Waals surface area (Å²) in [4.78, 5) is 13.9. The second-order valence-corrected chi connectivity index (χ2v) is 4.90. The molecule has 5 nitrogen and oxygen atoms in total. The lowest BCUT2D eigenvalue weighted by molar-refractivity contribution is 0.190. The van der Waals surface area contributed by atoms with E-state index in [0.29, 0.717) is 6.54 Å². The van der Waals surface area contributed by atoms with Gasteiger partial charge in [-0.2, -0.15) is 0 Å². The van der Waals surface area contributed by atoms with Crippen LogP contribution >= 0.6 is 0 Å². The zero-order valence-corrected chi connectivity index (χ0v) is 12.2. The zero-order valence-electron chi connectivity index (χ0n) is 12.2. The van der Waals surface area contributed by atoms with E-state index in [-0.39, 0.29) is 6.03 Å². The molecule has 1 fully saturated rings. The lowest BCUT2D eigenvalue weighted by atomic mass is 10.1. The Hall–Kier alpha value is -1.75. The van der Waals surface area contributed by atoms with Crippen molar-refractivity contribution in [1.82, 2.24) is 15.5 Å². The Morgan fingerprint density at radius 3 is 2.80 bits per heavy atom. The summed E-state index contributed by atoms with van der Waals surface area (Å²) < 4.78 is 5.31. The monoisotopic (exact) mass is 277 g/mol. The van der Waals surface area contributed by atoms with Gasteiger partial charge >= 0.3 is 6.03 Å². The van der Waals surface area contributed by atoms with E-state index >= 15 is 0 Å². The molecule has 0 unspecified atom stereocenters. The normalized spacial score (nSPS) is 15.0. The van der Waals surface area contributed by atoms with E-state index in [1.807, 2.05) is 17.0 Å². The third-order valence-electron chi connectivity index (χ3n) is 3.57. The van der Waals surface area contributed by atoms with Crippen molar-refractivity contribution >= 4 is 6.03 Å². The number of ether oxygens (including phenoxy) is 1. The topological polar surface area (TPSA) is 53.6 Å². The van der Waals surface area contributed by atoms with E-state index in [9.17, 15) is 4.79 Å². The third kappa shape index (κ3) is 3.63. The summed E-state index contributed by atoms with van der Waals surface area (Å²) in [5, 5.41) is 6.21. The van der Waals surface area contributed by atoms with Crippen LogP contribution in [0.5, 0.6) is 5.75 Å². The van der Waals surface area contributed by atoms with Gasteiger partial charge in [-0.1, -0.05) is 19.1 Å². The average molecular weight is 277 g/mol. The number of amides is 2. The summed E-state index contributed by atoms with van der Waals surface area (Å²) in [6.45, 7) is 5.94. The lowest BCUT2D eigenvalue weighted by Gasteiger charge is -2.27. The summed E-state index contributed by atoms with van der Waals surface area (Å²) in [5.74, 6) is 0.907. The van der Waals surface area contributed by atoms with Crippen molar-refractivity contribution in [3.63, 3.8) is 0 Å². The van der Waals surface area contributed by atoms with E-state index < -0.39 is 0 Å². The molecule has 1 aromatic carbocycles. The molecule has 0 aliphatic carbocycles. The lowest BCUT2D eigenvalue weighted by Crippen LogP contribution is -2.50. The van der Waals surface area contributed by atoms with Crippen molar-refractivity contribution in [2.24, 2.45) is 0 Å². The molecule has 2 amide bonds. The van der Waals surface area contributed by atoms with E-state index in [4.69, 9.17) is 4.74 Å². The van der Waals surface area contributed by atoms with Crippen LogP contribution in [0.4, 0.5) is 4.79 Å². The fourth-order valence-corrected chi connectivity index (χ4v) is 2.38. The van der Waals surface area contributed by atoms with E-state index in [1.54, 1.807) is 7.11 Å². The molecule has 110 valence electrons. The summed E-state index contributed by atoms with van der Waals surface area (Å²) in [6, 6.07) is 6.07. The highest BCUT2D eigenvalue weighted by molar-refractivity contribution is 5.74. The molecule has 0 radical (unpaired) electrons. The number of carbonyl (C=O) groups is 1. The number of urea groups is 1. The minimum Gasteiger partial charge on any atom is -0.496 e. The first-order valence-electron chi connectivity index (χ1n) is 7.14. The molecule has 1 heterocycles. The van der Waals surface area contributed by atoms with E-state index in [0.717, 1.165) is 43.9 Å². The third-order valence-corrected chi connectivity index (χ3v) is 3.57. The van der Waals surface area contributed by atoms with Crippen LogP contribution in [0, 0.1) is 0 Å². The standard InChI is InChI=1S/C15H23N3O2/c1-3-13-10-12(4-5-14(13)20-2)11-17-15(19)18-8-6-16-7-9-18/h4-5,10,16H,3,6-9,11H2,1-2H3,(H,17,19). The molecule has 2 N–H and O–H groups in total. The largest absolute Gasteiger partial charge is 0.496 e. The van der Waals surface area contributed by atoms with Crippen molar-refractivity contribution in [3.05, 3.63) is 29.3 Å². The van der Waals surface area contributed by atoms with Gasteiger partial charge in [0.05, 0.1) is 7.11 Å². The highest BCUT2D eigenvalue weighted by Crippen LogP contribution is 2.20. The minimum atomic E-state index is 0.0142. The summed E-state index contributed by atoms with van der Waals surface area (Å²) in [6.07, 6.45) is 0.919. The summed E-state index contributed by atoms with van der Waals surface area (Å²) >= 11 is 0. The van der Waals surface area contributed by atoms with E-state index in [2.05, 4.69) is 23.6 Å². The van der Waals surface area contributed by atoms with E-state index in [1.165, 1.54) is 5.56 Å². The highest BCUT2D eigenvalue weighted by atomic mass is 16.5. The molecule has 1 saturated heterocycles. The molecule has 1 aromatic rings. The van der Waals surface area contributed by atoms with Crippen LogP contribution in [0.3, 0.4) is 0 Å². The molecule has 20 heavy (non-hydrogen) atoms. The number of hydrogen-bond acceptors (Lipinski definition) is 3. The summed E-state index contributed by atoms with van der Waals surface area (Å²) in [7, 11) is 1.68. The molecule has 5 heteroatoms. The zero-order chi connectivity index (χ0) is 14.4. The Bertz CT molecular complexity index is 456. The minimum absolute atomic E-state index is 0.0142. The smallest absolute Gasteiger partial charge is 0.317 e. The Kier molecular flexibility index (Phi) is 5.24. The molecule has 0 saturated carbocycles. The highest BCUT2D eigenvalue weighted by Gasteiger charge is 2.15. The van der Waals surface area contributed by atoms with Crippen LogP contribution in [0.1, 0.15) is 18.1 Å². The molecule has 0 bridgehead atoms. The van der Waals surface area contributed by atoms with Crippen LogP contribution in [0.2, 0.25) is 0 Å². The number of rotatable bonds is 4. The molecule has 0 atom stereocenters. The van der Waals surface area contributed by atoms with Gasteiger partial charge in [0.15, 0.2) is 0 Å². The van der Waals surface area contributed by atoms with Crippen LogP contribution in [0.25, 0.3) is 0 Å². The van der Waals surface area contributed by atoms with Gasteiger partial charge in [-0.15, -0.1) is 0 Å². The van der Waals surface area contributed by atoms with Gasteiger partial charge in [0.1, 0.15) is 5.75 Å². The molecule has 0 spiro atoms. The SMILES string of the molecule is CCc1cc(CNC(=O)N2CCNCC2)ccc1OC. The number of nitrogens with zero attached hydrogens (tertiary/aromatic N) is 1. The molecule has 0 aromatic heterocycles. The van der Waals surface area contributed by atoms with Gasteiger partial charge in [-0.25, -0.2) is 4.79 Å². The van der Waals surface area contributed by atoms with Crippen molar-refractivity contribution in [3.8, 4) is 5.75 Å². The maximum atomic E-state index is 12.0. The number of nitrogens with one attached hydrogen (secondary N) is 2. The molecule has 2 rings (SSSR count). The Labute approximate surface area is 120 Å². The number of carbonyl (C=O) groups excluding carboxylic acids is 1. The van der Waals surface area contributed by atoms with Crippen molar-refractivity contribution in [2.75, 3.05) is 33.3 Å². The second-order valence-electron chi connectivity index (χ2n) is 4.90. The van der Waals surface area contributed by atoms with Crippen molar-refractivity contribution < 1.29 is 9.53 Å². The predicted molar refractivity (Wildman–Crippen MR) is 79.1 cm³/mol. The first-order chi connectivity index (χ1) is 9.74. The number of aryl methyl sites for hydroxylation is 1. The molecular formula is C15H23N3O2. The molecule has 1 aliphatic rings. The van der Waals surface area contributed by atoms with Crippen molar-refractivity contribution in [1.29, 1.82) is 0 Å². The predicted octanol–water partition coefficient (Wildman–Crippen LogP) is 1.37. The van der Waals surface area contributed by atoms with Gasteiger partial charge in [-0.05, 0) is 23.6 Å². The fourth-order valence-electron chi connectivity index (χ4n) is 2.38. The van der Waals surface area contributed by atoms with Crippen molar-refractivity contribution in [2.45, 2.75) is 19.9 Å². The first kappa shape index (κ1) is 14.7. The maximum Gasteiger partial charge on any atom is 0.317 e. The number of benzene rings is 1. The summed E-state index contributed by atoms with van der Waals surface area (Å²) in [5.41, 5.74) is 2.27. The number of methoxy groups -OCH3 is 1. The second kappa shape index (κ2) is 7.14. The molecule has 1 aliphatic heterocycles. The number of hydrogen-bond donors (Lipinski definition) is 2. The Balaban J connectivity index is 1.91. The number of piperazine rings is 1. The van der Waals surface area contributed by atoms with Crippen LogP contribution in [-0.4, -0.2) is 44.2 Å². The maximum absolute atomic E-state index is 12.0. The van der Waals surface area contributed by atoms with Gasteiger partial charge in [0, 0.05) is 32.7 Å². The van der Waals surface area contributed by atoms with Crippen LogP contribution < -0.4 is 15.4 Å². The molecular weight excluding hydrogens is 254 g/mol. The van der Waals surface area contributed by atoms with Gasteiger partial charge in [0.25, 0.3) is 0 Å². The van der Waals surface area contributed by atoms with Gasteiger partial charge < -0.3 is 20.3 Å². The van der Waals surface area contributed by atoms with Crippen LogP contribution in [0.15, 0.2) is 18.2 Å².